The first-order valence-electron chi connectivity index (χ1n) is 11.6. The second kappa shape index (κ2) is 9.36. The third kappa shape index (κ3) is 3.75. The van der Waals surface area contributed by atoms with Crippen LogP contribution >= 0.6 is 11.3 Å². The highest BCUT2D eigenvalue weighted by molar-refractivity contribution is 7.07. The number of allylic oxidation sites excluding steroid dienone is 1. The third-order valence-electron chi connectivity index (χ3n) is 6.50. The van der Waals surface area contributed by atoms with Crippen molar-refractivity contribution in [2.24, 2.45) is 4.99 Å². The van der Waals surface area contributed by atoms with Crippen LogP contribution in [-0.4, -0.2) is 44.3 Å². The normalized spacial score (nSPS) is 17.8. The second-order valence-corrected chi connectivity index (χ2v) is 9.47. The zero-order valence-electron chi connectivity index (χ0n) is 21.0. The van der Waals surface area contributed by atoms with Gasteiger partial charge in [0.15, 0.2) is 16.3 Å². The minimum absolute atomic E-state index is 0.167. The maximum Gasteiger partial charge on any atom is 0.338 e. The summed E-state index contributed by atoms with van der Waals surface area (Å²) in [5, 5.41) is 0. The van der Waals surface area contributed by atoms with Gasteiger partial charge in [0.1, 0.15) is 4.53 Å². The molecule has 2 aliphatic heterocycles. The van der Waals surface area contributed by atoms with Crippen molar-refractivity contribution in [1.82, 2.24) is 4.57 Å². The lowest BCUT2D eigenvalue weighted by Crippen LogP contribution is -2.40. The number of carbonyl (C=O) groups excluding carboxylic acids is 2. The molecule has 2 aliphatic rings. The van der Waals surface area contributed by atoms with Crippen LogP contribution < -0.4 is 29.3 Å². The topological polar surface area (TPSA) is 99.4 Å². The number of thiazole rings is 1. The molecular formula is C27H25N3O6S. The predicted molar refractivity (Wildman–Crippen MR) is 139 cm³/mol. The number of benzene rings is 2. The number of para-hydroxylation sites is 1. The van der Waals surface area contributed by atoms with E-state index in [1.54, 1.807) is 39.1 Å². The molecule has 10 heteroatoms. The van der Waals surface area contributed by atoms with Crippen LogP contribution in [0.3, 0.4) is 0 Å². The Morgan fingerprint density at radius 1 is 1.08 bits per heavy atom. The van der Waals surface area contributed by atoms with Crippen LogP contribution in [0.5, 0.6) is 11.5 Å². The Labute approximate surface area is 216 Å². The maximum atomic E-state index is 14.0. The number of nitrogens with zero attached hydrogens (tertiary/aromatic N) is 3. The van der Waals surface area contributed by atoms with Gasteiger partial charge in [-0.3, -0.25) is 14.2 Å². The van der Waals surface area contributed by atoms with Crippen molar-refractivity contribution in [3.05, 3.63) is 84.5 Å². The summed E-state index contributed by atoms with van der Waals surface area (Å²) >= 11 is 1.13. The molecule has 0 radical (unpaired) electrons. The van der Waals surface area contributed by atoms with Crippen LogP contribution in [0, 0.1) is 0 Å². The highest BCUT2D eigenvalue weighted by Crippen LogP contribution is 2.37. The molecule has 3 heterocycles. The van der Waals surface area contributed by atoms with Gasteiger partial charge in [-0.1, -0.05) is 35.6 Å². The first-order chi connectivity index (χ1) is 17.8. The van der Waals surface area contributed by atoms with Crippen LogP contribution in [0.25, 0.3) is 5.57 Å². The van der Waals surface area contributed by atoms with E-state index in [9.17, 15) is 14.4 Å². The summed E-state index contributed by atoms with van der Waals surface area (Å²) in [6.07, 6.45) is 0. The molecule has 37 heavy (non-hydrogen) atoms. The SMILES string of the molecule is CCOC(=O)C1=C(C)N=c2sc(=C3C(=O)N(C)c4ccccc43)c(=O)n2C1c1ccc(OC)c(OC)c1. The van der Waals surface area contributed by atoms with Gasteiger partial charge in [-0.2, -0.15) is 0 Å². The molecule has 5 rings (SSSR count). The second-order valence-electron chi connectivity index (χ2n) is 8.49. The summed E-state index contributed by atoms with van der Waals surface area (Å²) in [6, 6.07) is 11.7. The molecule has 0 saturated carbocycles. The van der Waals surface area contributed by atoms with Gasteiger partial charge in [0.2, 0.25) is 0 Å². The summed E-state index contributed by atoms with van der Waals surface area (Å²) < 4.78 is 17.9. The smallest absolute Gasteiger partial charge is 0.338 e. The number of aromatic nitrogens is 1. The number of hydrogen-bond donors (Lipinski definition) is 0. The number of ether oxygens (including phenoxy) is 3. The van der Waals surface area contributed by atoms with Gasteiger partial charge in [0.25, 0.3) is 11.5 Å². The summed E-state index contributed by atoms with van der Waals surface area (Å²) in [7, 11) is 4.73. The van der Waals surface area contributed by atoms with E-state index in [1.165, 1.54) is 23.7 Å². The molecule has 1 amide bonds. The first kappa shape index (κ1) is 24.5. The lowest BCUT2D eigenvalue weighted by Gasteiger charge is -2.25. The zero-order valence-corrected chi connectivity index (χ0v) is 21.8. The van der Waals surface area contributed by atoms with E-state index in [1.807, 2.05) is 24.3 Å². The molecule has 0 saturated heterocycles. The highest BCUT2D eigenvalue weighted by atomic mass is 32.1. The molecule has 0 N–H and O–H groups in total. The van der Waals surface area contributed by atoms with Gasteiger partial charge in [-0.15, -0.1) is 0 Å². The number of rotatable bonds is 5. The van der Waals surface area contributed by atoms with E-state index < -0.39 is 17.6 Å². The molecule has 1 atom stereocenters. The summed E-state index contributed by atoms with van der Waals surface area (Å²) in [5.41, 5.74) is 2.62. The van der Waals surface area contributed by atoms with E-state index in [2.05, 4.69) is 4.99 Å². The largest absolute Gasteiger partial charge is 0.493 e. The Morgan fingerprint density at radius 3 is 2.51 bits per heavy atom. The number of anilines is 1. The fourth-order valence-electron chi connectivity index (χ4n) is 4.77. The van der Waals surface area contributed by atoms with Crippen LogP contribution in [0.4, 0.5) is 5.69 Å². The van der Waals surface area contributed by atoms with E-state index in [-0.39, 0.29) is 22.6 Å². The predicted octanol–water partition coefficient (Wildman–Crippen LogP) is 2.16. The molecule has 0 fully saturated rings. The van der Waals surface area contributed by atoms with Gasteiger partial charge in [-0.05, 0) is 37.6 Å². The van der Waals surface area contributed by atoms with Crippen molar-refractivity contribution < 1.29 is 23.8 Å². The van der Waals surface area contributed by atoms with Gasteiger partial charge < -0.3 is 19.1 Å². The molecule has 2 aromatic carbocycles. The van der Waals surface area contributed by atoms with Crippen LogP contribution in [0.2, 0.25) is 0 Å². The Hall–Kier alpha value is -4.18. The molecule has 1 aromatic heterocycles. The standard InChI is InChI=1S/C27H25N3O6S/c1-6-36-26(33)20-14(2)28-27-30(22(20)15-11-12-18(34-4)19(13-15)35-5)25(32)23(37-27)21-16-9-7-8-10-17(16)29(3)24(21)31/h7-13,22H,6H2,1-5H3. The van der Waals surface area contributed by atoms with Crippen molar-refractivity contribution in [2.75, 3.05) is 32.8 Å². The molecule has 1 unspecified atom stereocenters. The average molecular weight is 520 g/mol. The molecule has 190 valence electrons. The van der Waals surface area contributed by atoms with Gasteiger partial charge in [0, 0.05) is 12.6 Å². The Balaban J connectivity index is 1.83. The number of hydrogen-bond acceptors (Lipinski definition) is 8. The van der Waals surface area contributed by atoms with Crippen molar-refractivity contribution in [3.8, 4) is 11.5 Å². The Kier molecular flexibility index (Phi) is 6.20. The summed E-state index contributed by atoms with van der Waals surface area (Å²) in [6.45, 7) is 3.60. The van der Waals surface area contributed by atoms with Gasteiger partial charge in [0.05, 0.1) is 49.4 Å². The highest BCUT2D eigenvalue weighted by Gasteiger charge is 2.36. The number of methoxy groups -OCH3 is 2. The maximum absolute atomic E-state index is 14.0. The molecule has 3 aromatic rings. The minimum Gasteiger partial charge on any atom is -0.493 e. The minimum atomic E-state index is -0.839. The fraction of sp³-hybridized carbons (Fsp3) is 0.259. The van der Waals surface area contributed by atoms with Crippen molar-refractivity contribution >= 4 is 34.5 Å². The third-order valence-corrected chi connectivity index (χ3v) is 7.55. The van der Waals surface area contributed by atoms with Crippen molar-refractivity contribution in [1.29, 1.82) is 0 Å². The van der Waals surface area contributed by atoms with Crippen molar-refractivity contribution in [3.63, 3.8) is 0 Å². The first-order valence-corrected chi connectivity index (χ1v) is 12.5. The monoisotopic (exact) mass is 519 g/mol. The molecule has 0 spiro atoms. The molecule has 9 nitrogen and oxygen atoms in total. The lowest BCUT2D eigenvalue weighted by atomic mass is 9.95. The summed E-state index contributed by atoms with van der Waals surface area (Å²) in [5.74, 6) is 0.124. The average Bonchev–Trinajstić information content (AvgIpc) is 3.35. The van der Waals surface area contributed by atoms with E-state index >= 15 is 0 Å². The van der Waals surface area contributed by atoms with E-state index in [4.69, 9.17) is 14.2 Å². The Morgan fingerprint density at radius 2 is 1.81 bits per heavy atom. The zero-order chi connectivity index (χ0) is 26.4. The molecular weight excluding hydrogens is 494 g/mol. The summed E-state index contributed by atoms with van der Waals surface area (Å²) in [4.78, 5) is 47.0. The number of fused-ring (bicyclic) bond motifs is 2. The van der Waals surface area contributed by atoms with Crippen LogP contribution in [-0.2, 0) is 14.3 Å². The molecule has 0 aliphatic carbocycles. The van der Waals surface area contributed by atoms with Crippen molar-refractivity contribution in [2.45, 2.75) is 19.9 Å². The quantitative estimate of drug-likeness (QED) is 0.479. The fourth-order valence-corrected chi connectivity index (χ4v) is 5.91. The van der Waals surface area contributed by atoms with E-state index in [0.717, 1.165) is 17.0 Å². The Bertz CT molecular complexity index is 1670. The van der Waals surface area contributed by atoms with Gasteiger partial charge >= 0.3 is 5.97 Å². The molecule has 0 bridgehead atoms. The van der Waals surface area contributed by atoms with Crippen LogP contribution in [0.15, 0.2) is 63.5 Å². The lowest BCUT2D eigenvalue weighted by molar-refractivity contribution is -0.139. The number of amides is 1. The van der Waals surface area contributed by atoms with E-state index in [0.29, 0.717) is 38.7 Å². The van der Waals surface area contributed by atoms with Crippen LogP contribution in [0.1, 0.15) is 31.0 Å². The number of esters is 1. The van der Waals surface area contributed by atoms with Gasteiger partial charge in [-0.25, -0.2) is 9.79 Å². The number of likely N-dealkylation sites (N-methyl/N-ethyl adjacent to an activating group) is 1. The number of carbonyl (C=O) groups is 2.